The highest BCUT2D eigenvalue weighted by Crippen LogP contribution is 2.25. The molecular formula is C14H23NO2. The van der Waals surface area contributed by atoms with Crippen LogP contribution in [-0.4, -0.2) is 30.6 Å². The van der Waals surface area contributed by atoms with E-state index in [1.165, 1.54) is 0 Å². The van der Waals surface area contributed by atoms with E-state index in [1.807, 2.05) is 27.9 Å². The Hall–Kier alpha value is -1.38. The largest absolute Gasteiger partial charge is 0.383 e. The summed E-state index contributed by atoms with van der Waals surface area (Å²) in [6, 6.07) is 0. The van der Waals surface area contributed by atoms with Crippen molar-refractivity contribution in [3.63, 3.8) is 0 Å². The fraction of sp³-hybridized carbons (Fsp3) is 0.571. The first-order chi connectivity index (χ1) is 8.06. The molecule has 1 fully saturated rings. The lowest BCUT2D eigenvalue weighted by Gasteiger charge is -2.21. The van der Waals surface area contributed by atoms with E-state index in [4.69, 9.17) is 0 Å². The summed E-state index contributed by atoms with van der Waals surface area (Å²) < 4.78 is 0. The highest BCUT2D eigenvalue weighted by atomic mass is 16.2. The predicted molar refractivity (Wildman–Crippen MR) is 70.7 cm³/mol. The third kappa shape index (κ3) is 4.55. The third-order valence-corrected chi connectivity index (χ3v) is 2.50. The third-order valence-electron chi connectivity index (χ3n) is 2.50. The Morgan fingerprint density at radius 2 is 1.94 bits per heavy atom. The van der Waals surface area contributed by atoms with E-state index in [2.05, 4.69) is 6.58 Å². The van der Waals surface area contributed by atoms with Crippen molar-refractivity contribution in [2.75, 3.05) is 14.1 Å². The van der Waals surface area contributed by atoms with Crippen LogP contribution in [0.5, 0.6) is 0 Å². The summed E-state index contributed by atoms with van der Waals surface area (Å²) in [5.74, 6) is -0.111. The van der Waals surface area contributed by atoms with Crippen LogP contribution in [-0.2, 0) is 9.59 Å². The van der Waals surface area contributed by atoms with Crippen molar-refractivity contribution in [2.24, 2.45) is 5.92 Å². The molecule has 3 nitrogen and oxygen atoms in total. The SMILES string of the molecule is C=CCC1CCC(=O)/C(=C/N(C)C)C1=O.CC. The first-order valence-corrected chi connectivity index (χ1v) is 6.12. The Kier molecular flexibility index (Phi) is 7.19. The number of hydrogen-bond donors (Lipinski definition) is 0. The van der Waals surface area contributed by atoms with Crippen LogP contribution >= 0.6 is 0 Å². The minimum absolute atomic E-state index is 0.0279. The second-order valence-corrected chi connectivity index (χ2v) is 4.05. The van der Waals surface area contributed by atoms with Crippen LogP contribution < -0.4 is 0 Å². The molecule has 0 aromatic rings. The lowest BCUT2D eigenvalue weighted by atomic mass is 9.82. The summed E-state index contributed by atoms with van der Waals surface area (Å²) in [6.45, 7) is 7.63. The van der Waals surface area contributed by atoms with Crippen molar-refractivity contribution in [1.82, 2.24) is 4.90 Å². The normalized spacial score (nSPS) is 21.9. The zero-order chi connectivity index (χ0) is 13.4. The minimum atomic E-state index is -0.0496. The summed E-state index contributed by atoms with van der Waals surface area (Å²) in [5, 5.41) is 0. The number of rotatable bonds is 3. The number of hydrogen-bond acceptors (Lipinski definition) is 3. The summed E-state index contributed by atoms with van der Waals surface area (Å²) in [5.41, 5.74) is 0.345. The molecule has 0 aromatic carbocycles. The van der Waals surface area contributed by atoms with Crippen molar-refractivity contribution in [3.8, 4) is 0 Å². The van der Waals surface area contributed by atoms with E-state index in [0.717, 1.165) is 0 Å². The lowest BCUT2D eigenvalue weighted by molar-refractivity contribution is -0.126. The molecule has 1 saturated carbocycles. The van der Waals surface area contributed by atoms with Crippen molar-refractivity contribution in [2.45, 2.75) is 33.1 Å². The Balaban J connectivity index is 0.00000121. The van der Waals surface area contributed by atoms with Crippen LogP contribution in [0.4, 0.5) is 0 Å². The fourth-order valence-electron chi connectivity index (χ4n) is 1.75. The first-order valence-electron chi connectivity index (χ1n) is 6.12. The molecule has 0 saturated heterocycles. The summed E-state index contributed by atoms with van der Waals surface area (Å²) >= 11 is 0. The molecule has 0 radical (unpaired) electrons. The molecule has 3 heteroatoms. The van der Waals surface area contributed by atoms with Crippen LogP contribution in [0.25, 0.3) is 0 Å². The maximum atomic E-state index is 11.9. The summed E-state index contributed by atoms with van der Waals surface area (Å²) in [4.78, 5) is 25.2. The molecule has 1 unspecified atom stereocenters. The Labute approximate surface area is 104 Å². The maximum absolute atomic E-state index is 11.9. The predicted octanol–water partition coefficient (Wildman–Crippen LogP) is 2.58. The second-order valence-electron chi connectivity index (χ2n) is 4.05. The van der Waals surface area contributed by atoms with Gasteiger partial charge in [-0.15, -0.1) is 6.58 Å². The molecule has 0 bridgehead atoms. The van der Waals surface area contributed by atoms with Crippen molar-refractivity contribution in [1.29, 1.82) is 0 Å². The molecule has 0 N–H and O–H groups in total. The van der Waals surface area contributed by atoms with E-state index in [-0.39, 0.29) is 17.5 Å². The molecule has 1 aliphatic carbocycles. The molecule has 17 heavy (non-hydrogen) atoms. The van der Waals surface area contributed by atoms with Crippen molar-refractivity contribution >= 4 is 11.6 Å². The van der Waals surface area contributed by atoms with Crippen LogP contribution in [0, 0.1) is 5.92 Å². The number of Topliss-reactive ketones (excluding diaryl/α,β-unsaturated/α-hetero) is 2. The quantitative estimate of drug-likeness (QED) is 0.430. The van der Waals surface area contributed by atoms with E-state index < -0.39 is 0 Å². The number of nitrogens with zero attached hydrogens (tertiary/aromatic N) is 1. The van der Waals surface area contributed by atoms with Gasteiger partial charge in [0.25, 0.3) is 0 Å². The molecule has 0 spiro atoms. The van der Waals surface area contributed by atoms with Gasteiger partial charge in [0.1, 0.15) is 0 Å². The molecule has 0 aromatic heterocycles. The summed E-state index contributed by atoms with van der Waals surface area (Å²) in [7, 11) is 3.62. The van der Waals surface area contributed by atoms with Gasteiger partial charge in [0.15, 0.2) is 11.6 Å². The average Bonchev–Trinajstić information content (AvgIpc) is 2.31. The molecule has 0 aliphatic heterocycles. The zero-order valence-electron chi connectivity index (χ0n) is 11.3. The molecule has 96 valence electrons. The highest BCUT2D eigenvalue weighted by molar-refractivity contribution is 6.22. The Morgan fingerprint density at radius 1 is 1.35 bits per heavy atom. The van der Waals surface area contributed by atoms with Gasteiger partial charge in [-0.2, -0.15) is 0 Å². The molecule has 1 aliphatic rings. The maximum Gasteiger partial charge on any atom is 0.171 e. The van der Waals surface area contributed by atoms with Gasteiger partial charge in [-0.3, -0.25) is 9.59 Å². The topological polar surface area (TPSA) is 37.4 Å². The van der Waals surface area contributed by atoms with Gasteiger partial charge >= 0.3 is 0 Å². The number of carbonyl (C=O) groups is 2. The molecular weight excluding hydrogens is 214 g/mol. The minimum Gasteiger partial charge on any atom is -0.383 e. The molecule has 1 rings (SSSR count). The number of allylic oxidation sites excluding steroid dienone is 2. The van der Waals surface area contributed by atoms with Crippen LogP contribution in [0.3, 0.4) is 0 Å². The zero-order valence-corrected chi connectivity index (χ0v) is 11.3. The van der Waals surface area contributed by atoms with Gasteiger partial charge in [0, 0.05) is 32.6 Å². The van der Waals surface area contributed by atoms with Crippen molar-refractivity contribution < 1.29 is 9.59 Å². The first kappa shape index (κ1) is 15.6. The number of ketones is 2. The van der Waals surface area contributed by atoms with E-state index in [0.29, 0.717) is 24.8 Å². The van der Waals surface area contributed by atoms with Gasteiger partial charge in [0.05, 0.1) is 5.57 Å². The molecule has 0 amide bonds. The highest BCUT2D eigenvalue weighted by Gasteiger charge is 2.31. The fourth-order valence-corrected chi connectivity index (χ4v) is 1.75. The smallest absolute Gasteiger partial charge is 0.171 e. The number of carbonyl (C=O) groups excluding carboxylic acids is 2. The second kappa shape index (κ2) is 7.82. The van der Waals surface area contributed by atoms with Crippen molar-refractivity contribution in [3.05, 3.63) is 24.4 Å². The van der Waals surface area contributed by atoms with Crippen LogP contribution in [0.1, 0.15) is 33.1 Å². The Morgan fingerprint density at radius 3 is 2.41 bits per heavy atom. The van der Waals surface area contributed by atoms with Crippen LogP contribution in [0.15, 0.2) is 24.4 Å². The molecule has 1 atom stereocenters. The van der Waals surface area contributed by atoms with Gasteiger partial charge in [-0.1, -0.05) is 19.9 Å². The summed E-state index contributed by atoms with van der Waals surface area (Å²) in [6.07, 6.45) is 5.17. The van der Waals surface area contributed by atoms with Crippen LogP contribution in [0.2, 0.25) is 0 Å². The Bertz CT molecular complexity index is 316. The van der Waals surface area contributed by atoms with Gasteiger partial charge in [-0.05, 0) is 12.8 Å². The van der Waals surface area contributed by atoms with E-state index in [1.54, 1.807) is 17.2 Å². The van der Waals surface area contributed by atoms with Gasteiger partial charge in [0.2, 0.25) is 0 Å². The monoisotopic (exact) mass is 237 g/mol. The van der Waals surface area contributed by atoms with E-state index in [9.17, 15) is 9.59 Å². The van der Waals surface area contributed by atoms with Gasteiger partial charge < -0.3 is 4.90 Å². The molecule has 0 heterocycles. The lowest BCUT2D eigenvalue weighted by Crippen LogP contribution is -2.29. The van der Waals surface area contributed by atoms with Gasteiger partial charge in [-0.25, -0.2) is 0 Å². The average molecular weight is 237 g/mol. The standard InChI is InChI=1S/C12H17NO2.C2H6/c1-4-5-9-6-7-11(14)10(12(9)15)8-13(2)3;1-2/h4,8-9H,1,5-7H2,2-3H3;1-2H3/b10-8-;. The van der Waals surface area contributed by atoms with E-state index >= 15 is 0 Å².